The van der Waals surface area contributed by atoms with Crippen LogP contribution >= 0.6 is 11.6 Å². The molecule has 148 valence electrons. The van der Waals surface area contributed by atoms with E-state index in [1.54, 1.807) is 0 Å². The van der Waals surface area contributed by atoms with E-state index in [1.165, 1.54) is 94.6 Å². The van der Waals surface area contributed by atoms with E-state index in [0.717, 1.165) is 0 Å². The van der Waals surface area contributed by atoms with Gasteiger partial charge in [-0.05, 0) is 24.0 Å². The van der Waals surface area contributed by atoms with Crippen LogP contribution in [0.3, 0.4) is 0 Å². The van der Waals surface area contributed by atoms with Gasteiger partial charge in [0.1, 0.15) is 0 Å². The molecule has 0 atom stereocenters. The number of hydrogen-bond acceptors (Lipinski definition) is 1. The topological polar surface area (TPSA) is 35.0 Å². The maximum atomic E-state index is 5.97. The molecule has 1 rings (SSSR count). The third kappa shape index (κ3) is 16.7. The lowest BCUT2D eigenvalue weighted by Gasteiger charge is -2.06. The van der Waals surface area contributed by atoms with E-state index in [4.69, 9.17) is 11.6 Å². The van der Waals surface area contributed by atoms with Crippen molar-refractivity contribution in [1.29, 1.82) is 0 Å². The largest absolute Gasteiger partial charge is 0.344 e. The molecule has 0 aliphatic heterocycles. The van der Waals surface area contributed by atoms with Crippen LogP contribution in [-0.4, -0.2) is 0 Å². The van der Waals surface area contributed by atoms with Gasteiger partial charge in [0.15, 0.2) is 0 Å². The van der Waals surface area contributed by atoms with Crippen molar-refractivity contribution in [3.63, 3.8) is 0 Å². The zero-order chi connectivity index (χ0) is 17.9. The molecule has 25 heavy (non-hydrogen) atoms. The van der Waals surface area contributed by atoms with Crippen molar-refractivity contribution in [1.82, 2.24) is 6.15 Å². The van der Waals surface area contributed by atoms with Gasteiger partial charge in [-0.25, -0.2) is 0 Å². The van der Waals surface area contributed by atoms with Gasteiger partial charge >= 0.3 is 0 Å². The van der Waals surface area contributed by atoms with E-state index in [0.29, 0.717) is 5.88 Å². The van der Waals surface area contributed by atoms with Crippen LogP contribution in [0.5, 0.6) is 0 Å². The molecular formula is C23H44ClN. The lowest BCUT2D eigenvalue weighted by molar-refractivity contribution is 0.556. The van der Waals surface area contributed by atoms with Crippen molar-refractivity contribution in [2.75, 3.05) is 0 Å². The quantitative estimate of drug-likeness (QED) is 0.273. The highest BCUT2D eigenvalue weighted by molar-refractivity contribution is 6.17. The number of unbranched alkanes of at least 4 members (excludes halogenated alkanes) is 10. The van der Waals surface area contributed by atoms with Crippen LogP contribution in [0.4, 0.5) is 0 Å². The third-order valence-electron chi connectivity index (χ3n) is 4.56. The van der Waals surface area contributed by atoms with Gasteiger partial charge in [-0.1, -0.05) is 116 Å². The number of alkyl halides is 1. The second-order valence-electron chi connectivity index (χ2n) is 6.83. The van der Waals surface area contributed by atoms with Crippen molar-refractivity contribution >= 4 is 11.6 Å². The van der Waals surface area contributed by atoms with Gasteiger partial charge < -0.3 is 6.15 Å². The molecule has 0 heterocycles. The SMILES string of the molecule is CCCC.CCCCCCCCCCCCc1ccccc1CCl.N. The molecule has 0 fully saturated rings. The lowest BCUT2D eigenvalue weighted by Crippen LogP contribution is -1.92. The van der Waals surface area contributed by atoms with Crippen molar-refractivity contribution in [2.45, 2.75) is 110 Å². The van der Waals surface area contributed by atoms with E-state index < -0.39 is 0 Å². The smallest absolute Gasteiger partial charge is 0.0476 e. The minimum atomic E-state index is 0. The highest BCUT2D eigenvalue weighted by atomic mass is 35.5. The van der Waals surface area contributed by atoms with Crippen molar-refractivity contribution < 1.29 is 0 Å². The zero-order valence-corrected chi connectivity index (χ0v) is 18.0. The fraction of sp³-hybridized carbons (Fsp3) is 0.739. The summed E-state index contributed by atoms with van der Waals surface area (Å²) in [4.78, 5) is 0. The minimum Gasteiger partial charge on any atom is -0.344 e. The molecule has 0 unspecified atom stereocenters. The number of hydrogen-bond donors (Lipinski definition) is 1. The van der Waals surface area contributed by atoms with E-state index in [2.05, 4.69) is 45.0 Å². The van der Waals surface area contributed by atoms with Crippen LogP contribution in [0.15, 0.2) is 24.3 Å². The minimum absolute atomic E-state index is 0. The Hall–Kier alpha value is -0.530. The molecule has 1 aromatic rings. The number of benzene rings is 1. The molecule has 0 bridgehead atoms. The average molecular weight is 370 g/mol. The molecule has 3 N–H and O–H groups in total. The van der Waals surface area contributed by atoms with Crippen molar-refractivity contribution in [2.24, 2.45) is 0 Å². The standard InChI is InChI=1S/C19H31Cl.C4H10.H3N/c1-2-3-4-5-6-7-8-9-10-11-14-18-15-12-13-16-19(18)17-20;1-3-4-2;/h12-13,15-16H,2-11,14,17H2,1H3;3-4H2,1-2H3;1H3. The van der Waals surface area contributed by atoms with Crippen LogP contribution in [-0.2, 0) is 12.3 Å². The molecule has 1 nitrogen and oxygen atoms in total. The first-order valence-electron chi connectivity index (χ1n) is 10.4. The van der Waals surface area contributed by atoms with Crippen LogP contribution in [0, 0.1) is 0 Å². The summed E-state index contributed by atoms with van der Waals surface area (Å²) in [5, 5.41) is 0. The van der Waals surface area contributed by atoms with E-state index in [1.807, 2.05) is 0 Å². The summed E-state index contributed by atoms with van der Waals surface area (Å²) >= 11 is 5.97. The Labute approximate surface area is 163 Å². The molecule has 0 aliphatic carbocycles. The van der Waals surface area contributed by atoms with E-state index >= 15 is 0 Å². The Kier molecular flexibility index (Phi) is 23.0. The first-order chi connectivity index (χ1) is 11.8. The molecule has 0 saturated carbocycles. The van der Waals surface area contributed by atoms with Crippen LogP contribution < -0.4 is 6.15 Å². The molecule has 0 aliphatic rings. The predicted octanol–water partition coefficient (Wildman–Crippen LogP) is 8.86. The molecular weight excluding hydrogens is 326 g/mol. The van der Waals surface area contributed by atoms with E-state index in [-0.39, 0.29) is 6.15 Å². The monoisotopic (exact) mass is 369 g/mol. The van der Waals surface area contributed by atoms with Crippen LogP contribution in [0.2, 0.25) is 0 Å². The van der Waals surface area contributed by atoms with Gasteiger partial charge in [-0.15, -0.1) is 11.6 Å². The van der Waals surface area contributed by atoms with Gasteiger partial charge in [-0.3, -0.25) is 0 Å². The molecule has 0 radical (unpaired) electrons. The summed E-state index contributed by atoms with van der Waals surface area (Å²) in [6.07, 6.45) is 17.8. The van der Waals surface area contributed by atoms with Crippen molar-refractivity contribution in [3.05, 3.63) is 35.4 Å². The number of aryl methyl sites for hydroxylation is 1. The molecule has 1 aromatic carbocycles. The summed E-state index contributed by atoms with van der Waals surface area (Å²) in [6.45, 7) is 6.64. The lowest BCUT2D eigenvalue weighted by atomic mass is 10.0. The summed E-state index contributed by atoms with van der Waals surface area (Å²) in [7, 11) is 0. The Balaban J connectivity index is 0. The first-order valence-corrected chi connectivity index (χ1v) is 11.0. The first kappa shape index (κ1) is 26.7. The predicted molar refractivity (Wildman–Crippen MR) is 117 cm³/mol. The third-order valence-corrected chi connectivity index (χ3v) is 4.85. The molecule has 0 spiro atoms. The average Bonchev–Trinajstić information content (AvgIpc) is 2.63. The Morgan fingerprint density at radius 1 is 0.600 bits per heavy atom. The second-order valence-corrected chi connectivity index (χ2v) is 7.10. The van der Waals surface area contributed by atoms with Crippen molar-refractivity contribution in [3.8, 4) is 0 Å². The summed E-state index contributed by atoms with van der Waals surface area (Å²) in [5.41, 5.74) is 2.76. The normalized spacial score (nSPS) is 9.92. The highest BCUT2D eigenvalue weighted by Gasteiger charge is 2.00. The Morgan fingerprint density at radius 2 is 1.04 bits per heavy atom. The molecule has 2 heteroatoms. The number of halogens is 1. The maximum absolute atomic E-state index is 5.97. The fourth-order valence-electron chi connectivity index (χ4n) is 2.73. The van der Waals surface area contributed by atoms with E-state index in [9.17, 15) is 0 Å². The van der Waals surface area contributed by atoms with Gasteiger partial charge in [-0.2, -0.15) is 0 Å². The Morgan fingerprint density at radius 3 is 1.48 bits per heavy atom. The van der Waals surface area contributed by atoms with Gasteiger partial charge in [0.2, 0.25) is 0 Å². The van der Waals surface area contributed by atoms with Crippen LogP contribution in [0.1, 0.15) is 109 Å². The van der Waals surface area contributed by atoms with Gasteiger partial charge in [0.05, 0.1) is 0 Å². The van der Waals surface area contributed by atoms with Gasteiger partial charge in [0, 0.05) is 5.88 Å². The molecule has 0 amide bonds. The Bertz CT molecular complexity index is 363. The van der Waals surface area contributed by atoms with Crippen LogP contribution in [0.25, 0.3) is 0 Å². The summed E-state index contributed by atoms with van der Waals surface area (Å²) in [5.74, 6) is 0.647. The second kappa shape index (κ2) is 21.5. The summed E-state index contributed by atoms with van der Waals surface area (Å²) in [6, 6.07) is 8.59. The maximum Gasteiger partial charge on any atom is 0.0476 e. The summed E-state index contributed by atoms with van der Waals surface area (Å²) < 4.78 is 0. The zero-order valence-electron chi connectivity index (χ0n) is 17.3. The highest BCUT2D eigenvalue weighted by Crippen LogP contribution is 2.16. The van der Waals surface area contributed by atoms with Gasteiger partial charge in [0.25, 0.3) is 0 Å². The molecule has 0 saturated heterocycles. The molecule has 0 aromatic heterocycles. The number of rotatable bonds is 13. The fourth-order valence-corrected chi connectivity index (χ4v) is 3.00.